The first-order valence-corrected chi connectivity index (χ1v) is 7.60. The second-order valence-electron chi connectivity index (χ2n) is 3.75. The molecule has 0 bridgehead atoms. The van der Waals surface area contributed by atoms with Crippen LogP contribution in [0, 0.1) is 0 Å². The number of hydrogen-bond acceptors (Lipinski definition) is 3. The van der Waals surface area contributed by atoms with E-state index in [2.05, 4.69) is 20.7 Å². The molecule has 17 heavy (non-hydrogen) atoms. The number of nitrogens with two attached hydrogens (primary N) is 1. The summed E-state index contributed by atoms with van der Waals surface area (Å²) < 4.78 is 26.8. The van der Waals surface area contributed by atoms with E-state index in [1.165, 1.54) is 0 Å². The van der Waals surface area contributed by atoms with Gasteiger partial charge in [0.05, 0.1) is 10.9 Å². The third-order valence-electron chi connectivity index (χ3n) is 2.12. The molecule has 0 aliphatic carbocycles. The van der Waals surface area contributed by atoms with Gasteiger partial charge in [0.25, 0.3) is 0 Å². The number of rotatable bonds is 4. The van der Waals surface area contributed by atoms with Gasteiger partial charge in [-0.25, -0.2) is 8.42 Å². The fraction of sp³-hybridized carbons (Fsp3) is 0.300. The zero-order valence-corrected chi connectivity index (χ0v) is 12.6. The Bertz CT molecular complexity index is 541. The number of hydrogen-bond donors (Lipinski definition) is 2. The summed E-state index contributed by atoms with van der Waals surface area (Å²) in [6, 6.07) is 5.03. The van der Waals surface area contributed by atoms with Crippen LogP contribution in [0.15, 0.2) is 22.7 Å². The van der Waals surface area contributed by atoms with Crippen LogP contribution in [0.25, 0.3) is 0 Å². The Morgan fingerprint density at radius 2 is 2.06 bits per heavy atom. The van der Waals surface area contributed by atoms with Gasteiger partial charge in [-0.2, -0.15) is 0 Å². The van der Waals surface area contributed by atoms with E-state index in [-0.39, 0.29) is 4.99 Å². The molecule has 1 aromatic rings. The molecule has 0 aliphatic heterocycles. The van der Waals surface area contributed by atoms with Gasteiger partial charge in [0.15, 0.2) is 0 Å². The summed E-state index contributed by atoms with van der Waals surface area (Å²) in [6.07, 6.45) is 0. The van der Waals surface area contributed by atoms with Crippen LogP contribution in [0.4, 0.5) is 5.69 Å². The first-order chi connectivity index (χ1) is 7.74. The van der Waals surface area contributed by atoms with Gasteiger partial charge >= 0.3 is 0 Å². The van der Waals surface area contributed by atoms with Crippen molar-refractivity contribution in [3.63, 3.8) is 0 Å². The van der Waals surface area contributed by atoms with Gasteiger partial charge in [-0.15, -0.1) is 0 Å². The van der Waals surface area contributed by atoms with Gasteiger partial charge in [0, 0.05) is 10.0 Å². The minimum Gasteiger partial charge on any atom is -0.389 e. The van der Waals surface area contributed by atoms with Crippen molar-refractivity contribution in [3.8, 4) is 0 Å². The molecule has 0 amide bonds. The van der Waals surface area contributed by atoms with Gasteiger partial charge in [0.2, 0.25) is 10.0 Å². The van der Waals surface area contributed by atoms with Gasteiger partial charge in [-0.3, -0.25) is 4.72 Å². The monoisotopic (exact) mass is 336 g/mol. The first-order valence-electron chi connectivity index (χ1n) is 4.85. The van der Waals surface area contributed by atoms with Crippen molar-refractivity contribution in [3.05, 3.63) is 28.2 Å². The van der Waals surface area contributed by atoms with Gasteiger partial charge < -0.3 is 5.73 Å². The summed E-state index contributed by atoms with van der Waals surface area (Å²) in [7, 11) is -3.40. The normalized spacial score (nSPS) is 11.5. The quantitative estimate of drug-likeness (QED) is 0.827. The van der Waals surface area contributed by atoms with Gasteiger partial charge in [-0.05, 0) is 32.0 Å². The molecule has 4 nitrogen and oxygen atoms in total. The maximum atomic E-state index is 11.8. The van der Waals surface area contributed by atoms with E-state index in [1.54, 1.807) is 32.0 Å². The lowest BCUT2D eigenvalue weighted by molar-refractivity contribution is 0.593. The van der Waals surface area contributed by atoms with Crippen molar-refractivity contribution in [2.45, 2.75) is 19.1 Å². The molecule has 7 heteroatoms. The van der Waals surface area contributed by atoms with Gasteiger partial charge in [-0.1, -0.05) is 28.1 Å². The number of anilines is 1. The Morgan fingerprint density at radius 1 is 1.47 bits per heavy atom. The Balaban J connectivity index is 3.20. The molecular formula is C10H13BrN2O2S2. The van der Waals surface area contributed by atoms with E-state index < -0.39 is 15.3 Å². The molecule has 0 spiro atoms. The lowest BCUT2D eigenvalue weighted by Crippen LogP contribution is -2.24. The molecule has 0 saturated carbocycles. The number of sulfonamides is 1. The van der Waals surface area contributed by atoms with E-state index in [4.69, 9.17) is 18.0 Å². The lowest BCUT2D eigenvalue weighted by Gasteiger charge is -2.14. The van der Waals surface area contributed by atoms with E-state index in [0.717, 1.165) is 4.47 Å². The summed E-state index contributed by atoms with van der Waals surface area (Å²) in [4.78, 5) is 0.146. The molecule has 0 fully saturated rings. The van der Waals surface area contributed by atoms with Crippen LogP contribution in [0.1, 0.15) is 19.4 Å². The summed E-state index contributed by atoms with van der Waals surface area (Å²) in [6.45, 7) is 3.20. The smallest absolute Gasteiger partial charge is 0.235 e. The largest absolute Gasteiger partial charge is 0.389 e. The maximum absolute atomic E-state index is 11.8. The molecular weight excluding hydrogens is 324 g/mol. The fourth-order valence-corrected chi connectivity index (χ4v) is 2.33. The van der Waals surface area contributed by atoms with Crippen LogP contribution >= 0.6 is 28.1 Å². The minimum absolute atomic E-state index is 0.146. The molecule has 1 rings (SSSR count). The standard InChI is InChI=1S/C10H13BrN2O2S2/c1-6(2)17(14,15)13-9-4-3-7(11)5-8(9)10(12)16/h3-6,13H,1-2H3,(H2,12,16). The zero-order valence-electron chi connectivity index (χ0n) is 9.40. The van der Waals surface area contributed by atoms with Crippen molar-refractivity contribution < 1.29 is 8.42 Å². The maximum Gasteiger partial charge on any atom is 0.235 e. The average Bonchev–Trinajstić information content (AvgIpc) is 2.19. The molecule has 0 saturated heterocycles. The Hall–Kier alpha value is -0.660. The summed E-state index contributed by atoms with van der Waals surface area (Å²) >= 11 is 8.17. The molecule has 0 atom stereocenters. The topological polar surface area (TPSA) is 72.2 Å². The molecule has 94 valence electrons. The molecule has 1 aromatic carbocycles. The molecule has 3 N–H and O–H groups in total. The van der Waals surface area contributed by atoms with Crippen LogP contribution < -0.4 is 10.5 Å². The Labute approximate surface area is 115 Å². The zero-order chi connectivity index (χ0) is 13.2. The highest BCUT2D eigenvalue weighted by atomic mass is 79.9. The fourth-order valence-electron chi connectivity index (χ4n) is 1.08. The predicted molar refractivity (Wildman–Crippen MR) is 77.7 cm³/mol. The van der Waals surface area contributed by atoms with Crippen molar-refractivity contribution in [2.75, 3.05) is 4.72 Å². The molecule has 0 radical (unpaired) electrons. The van der Waals surface area contributed by atoms with Crippen LogP contribution in [0.5, 0.6) is 0 Å². The summed E-state index contributed by atoms with van der Waals surface area (Å²) in [5.74, 6) is 0. The van der Waals surface area contributed by atoms with Crippen molar-refractivity contribution in [1.29, 1.82) is 0 Å². The number of nitrogens with one attached hydrogen (secondary N) is 1. The lowest BCUT2D eigenvalue weighted by atomic mass is 10.2. The first kappa shape index (κ1) is 14.4. The highest BCUT2D eigenvalue weighted by Crippen LogP contribution is 2.22. The second kappa shape index (κ2) is 5.32. The average molecular weight is 337 g/mol. The third-order valence-corrected chi connectivity index (χ3v) is 4.58. The summed E-state index contributed by atoms with van der Waals surface area (Å²) in [5, 5.41) is -0.523. The molecule has 0 heterocycles. The molecule has 0 aromatic heterocycles. The molecule has 0 unspecified atom stereocenters. The van der Waals surface area contributed by atoms with E-state index in [9.17, 15) is 8.42 Å². The number of thiocarbonyl (C=S) groups is 1. The SMILES string of the molecule is CC(C)S(=O)(=O)Nc1ccc(Br)cc1C(N)=S. The predicted octanol–water partition coefficient (Wildman–Crippen LogP) is 2.23. The Morgan fingerprint density at radius 3 is 2.53 bits per heavy atom. The number of benzene rings is 1. The van der Waals surface area contributed by atoms with Crippen molar-refractivity contribution in [1.82, 2.24) is 0 Å². The van der Waals surface area contributed by atoms with Crippen LogP contribution in [-0.2, 0) is 10.0 Å². The van der Waals surface area contributed by atoms with Crippen molar-refractivity contribution in [2.24, 2.45) is 5.73 Å². The third kappa shape index (κ3) is 3.65. The van der Waals surface area contributed by atoms with E-state index in [0.29, 0.717) is 11.3 Å². The van der Waals surface area contributed by atoms with Crippen molar-refractivity contribution >= 4 is 48.8 Å². The Kier molecular flexibility index (Phi) is 4.51. The minimum atomic E-state index is -3.40. The number of halogens is 1. The van der Waals surface area contributed by atoms with E-state index in [1.807, 2.05) is 0 Å². The highest BCUT2D eigenvalue weighted by Gasteiger charge is 2.18. The van der Waals surface area contributed by atoms with Crippen LogP contribution in [-0.4, -0.2) is 18.7 Å². The summed E-state index contributed by atoms with van der Waals surface area (Å²) in [5.41, 5.74) is 6.45. The second-order valence-corrected chi connectivity index (χ2v) is 7.34. The van der Waals surface area contributed by atoms with Gasteiger partial charge in [0.1, 0.15) is 4.99 Å². The molecule has 0 aliphatic rings. The van der Waals surface area contributed by atoms with E-state index >= 15 is 0 Å². The van der Waals surface area contributed by atoms with Crippen LogP contribution in [0.2, 0.25) is 0 Å². The highest BCUT2D eigenvalue weighted by molar-refractivity contribution is 9.10. The van der Waals surface area contributed by atoms with Crippen LogP contribution in [0.3, 0.4) is 0 Å².